The molecular weight excluding hydrogens is 384 g/mol. The molecule has 162 valence electrons. The highest BCUT2D eigenvalue weighted by atomic mass is 16.6. The first-order valence-corrected chi connectivity index (χ1v) is 11.3. The van der Waals surface area contributed by atoms with Crippen molar-refractivity contribution in [2.75, 3.05) is 6.61 Å². The van der Waals surface area contributed by atoms with Crippen molar-refractivity contribution >= 4 is 0 Å². The summed E-state index contributed by atoms with van der Waals surface area (Å²) in [7, 11) is 0. The van der Waals surface area contributed by atoms with E-state index in [2.05, 4.69) is 73.7 Å². The fourth-order valence-corrected chi connectivity index (χ4v) is 4.25. The summed E-state index contributed by atoms with van der Waals surface area (Å²) in [5, 5.41) is 0. The van der Waals surface area contributed by atoms with Crippen molar-refractivity contribution < 1.29 is 14.2 Å². The van der Waals surface area contributed by atoms with E-state index in [1.165, 1.54) is 16.7 Å². The van der Waals surface area contributed by atoms with E-state index < -0.39 is 0 Å². The summed E-state index contributed by atoms with van der Waals surface area (Å²) < 4.78 is 18.9. The van der Waals surface area contributed by atoms with Crippen LogP contribution in [0.4, 0.5) is 0 Å². The quantitative estimate of drug-likeness (QED) is 0.416. The minimum atomic E-state index is 0.0465. The number of rotatable bonds is 10. The van der Waals surface area contributed by atoms with Gasteiger partial charge >= 0.3 is 0 Å². The van der Waals surface area contributed by atoms with E-state index in [-0.39, 0.29) is 24.2 Å². The largest absolute Gasteiger partial charge is 0.374 e. The molecule has 1 aliphatic heterocycles. The first kappa shape index (κ1) is 21.8. The number of hydrogen-bond donors (Lipinski definition) is 0. The normalized spacial score (nSPS) is 23.1. The SMILES string of the molecule is C[C@H]1[C@H](OCc2ccccc2)C(CCc2ccccc2)O[C@@H]1COCc1ccccc1. The summed E-state index contributed by atoms with van der Waals surface area (Å²) >= 11 is 0. The van der Waals surface area contributed by atoms with Crippen molar-refractivity contribution in [3.63, 3.8) is 0 Å². The molecule has 0 bridgehead atoms. The molecule has 1 heterocycles. The van der Waals surface area contributed by atoms with Crippen LogP contribution in [-0.2, 0) is 33.8 Å². The Balaban J connectivity index is 1.36. The molecule has 3 aromatic rings. The Morgan fingerprint density at radius 2 is 1.23 bits per heavy atom. The molecule has 3 nitrogen and oxygen atoms in total. The minimum absolute atomic E-state index is 0.0465. The lowest BCUT2D eigenvalue weighted by Crippen LogP contribution is -2.30. The summed E-state index contributed by atoms with van der Waals surface area (Å²) in [5.41, 5.74) is 3.72. The standard InChI is InChI=1S/C28H32O3/c1-22-27(21-29-19-24-13-7-3-8-14-24)31-26(18-17-23-11-5-2-6-12-23)28(22)30-20-25-15-9-4-10-16-25/h2-16,22,26-28H,17-21H2,1H3/t22-,26?,27-,28+/m1/s1. The van der Waals surface area contributed by atoms with Crippen molar-refractivity contribution in [3.8, 4) is 0 Å². The maximum absolute atomic E-state index is 6.48. The second-order valence-corrected chi connectivity index (χ2v) is 8.36. The molecule has 4 rings (SSSR count). The molecule has 0 N–H and O–H groups in total. The van der Waals surface area contributed by atoms with Crippen LogP contribution in [0.2, 0.25) is 0 Å². The Morgan fingerprint density at radius 1 is 0.677 bits per heavy atom. The molecule has 3 heteroatoms. The second-order valence-electron chi connectivity index (χ2n) is 8.36. The van der Waals surface area contributed by atoms with E-state index in [0.29, 0.717) is 19.8 Å². The van der Waals surface area contributed by atoms with Gasteiger partial charge in [0.1, 0.15) is 0 Å². The topological polar surface area (TPSA) is 27.7 Å². The third-order valence-corrected chi connectivity index (χ3v) is 6.06. The molecule has 1 aliphatic rings. The van der Waals surface area contributed by atoms with Crippen LogP contribution in [0.3, 0.4) is 0 Å². The molecule has 0 saturated carbocycles. The smallest absolute Gasteiger partial charge is 0.0892 e. The molecule has 0 aliphatic carbocycles. The molecule has 31 heavy (non-hydrogen) atoms. The van der Waals surface area contributed by atoms with Gasteiger partial charge in [-0.2, -0.15) is 0 Å². The Bertz CT molecular complexity index is 882. The lowest BCUT2D eigenvalue weighted by Gasteiger charge is -2.22. The lowest BCUT2D eigenvalue weighted by molar-refractivity contribution is -0.0499. The second kappa shape index (κ2) is 11.2. The number of benzene rings is 3. The van der Waals surface area contributed by atoms with Gasteiger partial charge in [-0.25, -0.2) is 0 Å². The zero-order valence-corrected chi connectivity index (χ0v) is 18.2. The van der Waals surface area contributed by atoms with E-state index >= 15 is 0 Å². The molecule has 0 aromatic heterocycles. The molecule has 0 amide bonds. The molecular formula is C28H32O3. The van der Waals surface area contributed by atoms with Gasteiger partial charge in [-0.05, 0) is 29.5 Å². The Hall–Kier alpha value is -2.46. The predicted octanol–water partition coefficient (Wildman–Crippen LogP) is 5.82. The maximum atomic E-state index is 6.48. The van der Waals surface area contributed by atoms with Gasteiger partial charge in [-0.15, -0.1) is 0 Å². The molecule has 0 radical (unpaired) electrons. The summed E-state index contributed by atoms with van der Waals surface area (Å²) in [6, 6.07) is 31.3. The van der Waals surface area contributed by atoms with Crippen LogP contribution in [0.5, 0.6) is 0 Å². The Kier molecular flexibility index (Phi) is 7.89. The first-order chi connectivity index (χ1) is 15.3. The molecule has 1 fully saturated rings. The van der Waals surface area contributed by atoms with Crippen LogP contribution in [0.15, 0.2) is 91.0 Å². The van der Waals surface area contributed by atoms with Crippen LogP contribution < -0.4 is 0 Å². The van der Waals surface area contributed by atoms with E-state index in [1.807, 2.05) is 24.3 Å². The van der Waals surface area contributed by atoms with E-state index in [9.17, 15) is 0 Å². The van der Waals surface area contributed by atoms with Crippen LogP contribution in [0, 0.1) is 5.92 Å². The predicted molar refractivity (Wildman–Crippen MR) is 124 cm³/mol. The summed E-state index contributed by atoms with van der Waals surface area (Å²) in [5.74, 6) is 0.278. The molecule has 0 spiro atoms. The number of hydrogen-bond acceptors (Lipinski definition) is 3. The maximum Gasteiger partial charge on any atom is 0.0892 e. The van der Waals surface area contributed by atoms with E-state index in [4.69, 9.17) is 14.2 Å². The minimum Gasteiger partial charge on any atom is -0.374 e. The zero-order chi connectivity index (χ0) is 21.3. The van der Waals surface area contributed by atoms with Crippen molar-refractivity contribution in [1.29, 1.82) is 0 Å². The highest BCUT2D eigenvalue weighted by Gasteiger charge is 2.42. The highest BCUT2D eigenvalue weighted by Crippen LogP contribution is 2.33. The summed E-state index contributed by atoms with van der Waals surface area (Å²) in [6.07, 6.45) is 2.12. The van der Waals surface area contributed by atoms with Crippen LogP contribution >= 0.6 is 0 Å². The lowest BCUT2D eigenvalue weighted by atomic mass is 9.95. The fraction of sp³-hybridized carbons (Fsp3) is 0.357. The third kappa shape index (κ3) is 6.27. The van der Waals surface area contributed by atoms with Crippen molar-refractivity contribution in [2.24, 2.45) is 5.92 Å². The first-order valence-electron chi connectivity index (χ1n) is 11.3. The van der Waals surface area contributed by atoms with Crippen molar-refractivity contribution in [1.82, 2.24) is 0 Å². The van der Waals surface area contributed by atoms with Gasteiger partial charge in [0.2, 0.25) is 0 Å². The van der Waals surface area contributed by atoms with Gasteiger partial charge in [-0.1, -0.05) is 97.9 Å². The van der Waals surface area contributed by atoms with Crippen LogP contribution in [0.25, 0.3) is 0 Å². The van der Waals surface area contributed by atoms with Crippen LogP contribution in [0.1, 0.15) is 30.0 Å². The van der Waals surface area contributed by atoms with Crippen LogP contribution in [-0.4, -0.2) is 24.9 Å². The average molecular weight is 417 g/mol. The summed E-state index contributed by atoms with van der Waals surface area (Å²) in [4.78, 5) is 0. The molecule has 1 saturated heterocycles. The Labute approximate surface area is 186 Å². The molecule has 1 unspecified atom stereocenters. The van der Waals surface area contributed by atoms with Crippen molar-refractivity contribution in [3.05, 3.63) is 108 Å². The highest BCUT2D eigenvalue weighted by molar-refractivity contribution is 5.16. The zero-order valence-electron chi connectivity index (χ0n) is 18.2. The van der Waals surface area contributed by atoms with Crippen molar-refractivity contribution in [2.45, 2.75) is 51.3 Å². The number of ether oxygens (including phenoxy) is 3. The van der Waals surface area contributed by atoms with E-state index in [0.717, 1.165) is 12.8 Å². The van der Waals surface area contributed by atoms with Gasteiger partial charge in [0.15, 0.2) is 0 Å². The van der Waals surface area contributed by atoms with Gasteiger partial charge in [-0.3, -0.25) is 0 Å². The summed E-state index contributed by atoms with van der Waals surface area (Å²) in [6.45, 7) is 4.04. The monoisotopic (exact) mass is 416 g/mol. The van der Waals surface area contributed by atoms with Gasteiger partial charge in [0.05, 0.1) is 38.1 Å². The molecule has 4 atom stereocenters. The number of aryl methyl sites for hydroxylation is 1. The van der Waals surface area contributed by atoms with Gasteiger partial charge < -0.3 is 14.2 Å². The third-order valence-electron chi connectivity index (χ3n) is 6.06. The van der Waals surface area contributed by atoms with E-state index in [1.54, 1.807) is 0 Å². The average Bonchev–Trinajstić information content (AvgIpc) is 3.13. The van der Waals surface area contributed by atoms with Gasteiger partial charge in [0, 0.05) is 5.92 Å². The van der Waals surface area contributed by atoms with Gasteiger partial charge in [0.25, 0.3) is 0 Å². The molecule has 3 aromatic carbocycles. The fourth-order valence-electron chi connectivity index (χ4n) is 4.25. The Morgan fingerprint density at radius 3 is 1.84 bits per heavy atom.